The maximum absolute atomic E-state index is 13.1. The molecule has 0 aromatic heterocycles. The van der Waals surface area contributed by atoms with Crippen LogP contribution in [0, 0.1) is 46.3 Å². The van der Waals surface area contributed by atoms with Gasteiger partial charge in [-0.2, -0.15) is 0 Å². The summed E-state index contributed by atoms with van der Waals surface area (Å²) in [6, 6.07) is 16.2. The number of carbonyl (C=O) groups excluding carboxylic acids is 2. The molecule has 6 nitrogen and oxygen atoms in total. The molecular formula is C46H58O6. The highest BCUT2D eigenvalue weighted by molar-refractivity contribution is 6.11. The Bertz CT molecular complexity index is 1550. The highest BCUT2D eigenvalue weighted by Gasteiger charge is 2.51. The lowest BCUT2D eigenvalue weighted by molar-refractivity contribution is -0.148. The SMILES string of the molecule is CC(CC(=O)OCCC12CC3CC(CC(C3)C1)C2)Oc1c2ccccc2c(OC(C)CC(=O)OCCC23CC4CC(CC(C4)C2)C3)c2ccccc12. The van der Waals surface area contributed by atoms with Gasteiger partial charge in [-0.25, -0.2) is 0 Å². The molecular weight excluding hydrogens is 648 g/mol. The molecule has 2 atom stereocenters. The van der Waals surface area contributed by atoms with Gasteiger partial charge in [0.25, 0.3) is 0 Å². The zero-order valence-corrected chi connectivity index (χ0v) is 31.4. The number of benzene rings is 3. The van der Waals surface area contributed by atoms with Crippen LogP contribution in [-0.4, -0.2) is 37.4 Å². The van der Waals surface area contributed by atoms with Crippen molar-refractivity contribution in [2.75, 3.05) is 13.2 Å². The van der Waals surface area contributed by atoms with E-state index in [-0.39, 0.29) is 37.0 Å². The summed E-state index contributed by atoms with van der Waals surface area (Å²) in [5, 5.41) is 3.68. The molecule has 0 aliphatic heterocycles. The predicted molar refractivity (Wildman–Crippen MR) is 203 cm³/mol. The molecule has 2 unspecified atom stereocenters. The lowest BCUT2D eigenvalue weighted by Crippen LogP contribution is -2.46. The topological polar surface area (TPSA) is 71.1 Å². The number of hydrogen-bond donors (Lipinski definition) is 0. The second-order valence-electron chi connectivity index (χ2n) is 18.8. The molecule has 3 aromatic carbocycles. The van der Waals surface area contributed by atoms with Crippen molar-refractivity contribution in [2.24, 2.45) is 46.3 Å². The van der Waals surface area contributed by atoms with E-state index in [0.29, 0.717) is 24.0 Å². The second kappa shape index (κ2) is 13.9. The van der Waals surface area contributed by atoms with Crippen molar-refractivity contribution in [3.05, 3.63) is 48.5 Å². The quantitative estimate of drug-likeness (QED) is 0.123. The van der Waals surface area contributed by atoms with Crippen LogP contribution in [0.2, 0.25) is 0 Å². The molecule has 0 amide bonds. The van der Waals surface area contributed by atoms with Gasteiger partial charge < -0.3 is 18.9 Å². The number of carbonyl (C=O) groups is 2. The minimum atomic E-state index is -0.363. The van der Waals surface area contributed by atoms with Gasteiger partial charge in [0.1, 0.15) is 23.7 Å². The van der Waals surface area contributed by atoms with Crippen molar-refractivity contribution >= 4 is 33.5 Å². The Morgan fingerprint density at radius 2 is 0.827 bits per heavy atom. The van der Waals surface area contributed by atoms with Crippen molar-refractivity contribution in [3.8, 4) is 11.5 Å². The van der Waals surface area contributed by atoms with Gasteiger partial charge in [0.15, 0.2) is 0 Å². The van der Waals surface area contributed by atoms with Crippen molar-refractivity contribution in [2.45, 2.75) is 129 Å². The number of fused-ring (bicyclic) bond motifs is 2. The van der Waals surface area contributed by atoms with E-state index in [1.54, 1.807) is 0 Å². The summed E-state index contributed by atoms with van der Waals surface area (Å²) in [6.07, 6.45) is 18.3. The zero-order valence-electron chi connectivity index (χ0n) is 31.4. The molecule has 8 bridgehead atoms. The van der Waals surface area contributed by atoms with Gasteiger partial charge in [0, 0.05) is 21.5 Å². The molecule has 8 aliphatic carbocycles. The Morgan fingerprint density at radius 1 is 0.538 bits per heavy atom. The molecule has 8 fully saturated rings. The molecule has 0 spiro atoms. The van der Waals surface area contributed by atoms with E-state index in [0.717, 1.165) is 81.4 Å². The van der Waals surface area contributed by atoms with E-state index < -0.39 is 0 Å². The van der Waals surface area contributed by atoms with Crippen LogP contribution in [-0.2, 0) is 19.1 Å². The normalized spacial score (nSPS) is 33.7. The van der Waals surface area contributed by atoms with Crippen LogP contribution >= 0.6 is 0 Å². The zero-order chi connectivity index (χ0) is 35.5. The maximum Gasteiger partial charge on any atom is 0.309 e. The summed E-state index contributed by atoms with van der Waals surface area (Å²) in [5.41, 5.74) is 0.814. The van der Waals surface area contributed by atoms with E-state index >= 15 is 0 Å². The van der Waals surface area contributed by atoms with E-state index in [1.165, 1.54) is 77.0 Å². The van der Waals surface area contributed by atoms with Crippen molar-refractivity contribution < 1.29 is 28.5 Å². The third-order valence-corrected chi connectivity index (χ3v) is 14.5. The molecule has 11 rings (SSSR count). The van der Waals surface area contributed by atoms with Crippen molar-refractivity contribution in [1.29, 1.82) is 0 Å². The Kier molecular flexibility index (Phi) is 9.19. The molecule has 0 saturated heterocycles. The average molecular weight is 707 g/mol. The fourth-order valence-corrected chi connectivity index (χ4v) is 13.3. The minimum absolute atomic E-state index is 0.190. The summed E-state index contributed by atoms with van der Waals surface area (Å²) in [7, 11) is 0. The second-order valence-corrected chi connectivity index (χ2v) is 18.8. The monoisotopic (exact) mass is 706 g/mol. The Hall–Kier alpha value is -3.28. The largest absolute Gasteiger partial charge is 0.489 e. The Balaban J connectivity index is 0.822. The summed E-state index contributed by atoms with van der Waals surface area (Å²) in [4.78, 5) is 26.1. The van der Waals surface area contributed by atoms with E-state index in [2.05, 4.69) is 0 Å². The molecule has 0 heterocycles. The van der Waals surface area contributed by atoms with Gasteiger partial charge >= 0.3 is 11.9 Å². The number of rotatable bonds is 14. The predicted octanol–water partition coefficient (Wildman–Crippen LogP) is 10.6. The molecule has 278 valence electrons. The van der Waals surface area contributed by atoms with Crippen LogP contribution in [0.5, 0.6) is 11.5 Å². The summed E-state index contributed by atoms with van der Waals surface area (Å²) in [6.45, 7) is 4.93. The third-order valence-electron chi connectivity index (χ3n) is 14.5. The molecule has 8 saturated carbocycles. The van der Waals surface area contributed by atoms with Crippen LogP contribution in [0.15, 0.2) is 48.5 Å². The highest BCUT2D eigenvalue weighted by Crippen LogP contribution is 2.62. The van der Waals surface area contributed by atoms with E-state index in [1.807, 2.05) is 62.4 Å². The molecule has 0 N–H and O–H groups in total. The smallest absolute Gasteiger partial charge is 0.309 e. The first-order valence-electron chi connectivity index (χ1n) is 20.8. The number of esters is 2. The van der Waals surface area contributed by atoms with Crippen molar-refractivity contribution in [1.82, 2.24) is 0 Å². The fraction of sp³-hybridized carbons (Fsp3) is 0.652. The summed E-state index contributed by atoms with van der Waals surface area (Å²) in [5.74, 6) is 6.53. The fourth-order valence-electron chi connectivity index (χ4n) is 13.3. The average Bonchev–Trinajstić information content (AvgIpc) is 3.08. The lowest BCUT2D eigenvalue weighted by Gasteiger charge is -2.57. The van der Waals surface area contributed by atoms with Gasteiger partial charge in [-0.15, -0.1) is 0 Å². The Morgan fingerprint density at radius 3 is 1.12 bits per heavy atom. The first-order chi connectivity index (χ1) is 25.2. The number of ether oxygens (including phenoxy) is 4. The van der Waals surface area contributed by atoms with Gasteiger partial charge in [-0.05, 0) is 150 Å². The molecule has 8 aliphatic rings. The van der Waals surface area contributed by atoms with Crippen molar-refractivity contribution in [3.63, 3.8) is 0 Å². The van der Waals surface area contributed by atoms with Crippen LogP contribution < -0.4 is 9.47 Å². The number of hydrogen-bond acceptors (Lipinski definition) is 6. The van der Waals surface area contributed by atoms with Gasteiger partial charge in [0.2, 0.25) is 0 Å². The lowest BCUT2D eigenvalue weighted by atomic mass is 9.49. The summed E-state index contributed by atoms with van der Waals surface area (Å²) < 4.78 is 25.0. The Labute approximate surface area is 309 Å². The molecule has 3 aromatic rings. The van der Waals surface area contributed by atoms with Gasteiger partial charge in [-0.1, -0.05) is 48.5 Å². The standard InChI is InChI=1S/C46H58O6/c1-29(15-41(47)49-13-11-45-23-31-17-32(24-45)19-33(18-31)25-45)51-43-37-7-3-5-9-39(37)44(40-10-6-4-8-38(40)43)52-30(2)16-42(48)50-14-12-46-26-34-20-35(27-46)22-36(21-34)28-46/h3-10,29-36H,11-28H2,1-2H3. The molecule has 0 radical (unpaired) electrons. The van der Waals surface area contributed by atoms with Gasteiger partial charge in [-0.3, -0.25) is 9.59 Å². The van der Waals surface area contributed by atoms with Crippen LogP contribution in [0.3, 0.4) is 0 Å². The maximum atomic E-state index is 13.1. The van der Waals surface area contributed by atoms with Crippen LogP contribution in [0.25, 0.3) is 21.5 Å². The first kappa shape index (κ1) is 34.5. The third kappa shape index (κ3) is 6.93. The van der Waals surface area contributed by atoms with E-state index in [9.17, 15) is 9.59 Å². The summed E-state index contributed by atoms with van der Waals surface area (Å²) >= 11 is 0. The molecule has 52 heavy (non-hydrogen) atoms. The van der Waals surface area contributed by atoms with Crippen LogP contribution in [0.4, 0.5) is 0 Å². The van der Waals surface area contributed by atoms with E-state index in [4.69, 9.17) is 18.9 Å². The highest BCUT2D eigenvalue weighted by atomic mass is 16.5. The van der Waals surface area contributed by atoms with Crippen LogP contribution in [0.1, 0.15) is 117 Å². The minimum Gasteiger partial charge on any atom is -0.489 e. The molecule has 6 heteroatoms. The first-order valence-corrected chi connectivity index (χ1v) is 20.8. The van der Waals surface area contributed by atoms with Gasteiger partial charge in [0.05, 0.1) is 26.1 Å².